The molecule has 0 radical (unpaired) electrons. The molecule has 0 saturated heterocycles. The fourth-order valence-corrected chi connectivity index (χ4v) is 2.81. The van der Waals surface area contributed by atoms with Crippen LogP contribution in [0.4, 0.5) is 0 Å². The number of halogens is 2. The first kappa shape index (κ1) is 20.0. The first-order chi connectivity index (χ1) is 12.5. The number of methoxy groups -OCH3 is 1. The second kappa shape index (κ2) is 9.42. The molecule has 136 valence electrons. The smallest absolute Gasteiger partial charge is 0.256 e. The molecule has 0 saturated carbocycles. The molecular weight excluding hydrogens is 373 g/mol. The zero-order chi connectivity index (χ0) is 19.1. The van der Waals surface area contributed by atoms with E-state index in [0.717, 1.165) is 12.8 Å². The summed E-state index contributed by atoms with van der Waals surface area (Å²) in [5, 5.41) is 10.3. The molecule has 0 aromatic carbocycles. The highest BCUT2D eigenvalue weighted by Crippen LogP contribution is 2.32. The van der Waals surface area contributed by atoms with E-state index in [4.69, 9.17) is 32.7 Å². The minimum Gasteiger partial charge on any atom is -0.485 e. The molecule has 26 heavy (non-hydrogen) atoms. The Bertz CT molecular complexity index is 823. The van der Waals surface area contributed by atoms with Crippen LogP contribution >= 0.6 is 23.2 Å². The Balaban J connectivity index is 2.48. The predicted octanol–water partition coefficient (Wildman–Crippen LogP) is 5.42. The van der Waals surface area contributed by atoms with Gasteiger partial charge in [-0.25, -0.2) is 4.98 Å². The van der Waals surface area contributed by atoms with E-state index in [1.807, 2.05) is 13.8 Å². The summed E-state index contributed by atoms with van der Waals surface area (Å²) in [6.45, 7) is 4.10. The van der Waals surface area contributed by atoms with E-state index in [0.29, 0.717) is 38.4 Å². The van der Waals surface area contributed by atoms with Crippen molar-refractivity contribution in [2.45, 2.75) is 32.8 Å². The van der Waals surface area contributed by atoms with Crippen molar-refractivity contribution in [1.82, 2.24) is 9.97 Å². The van der Waals surface area contributed by atoms with Crippen LogP contribution in [-0.2, 0) is 0 Å². The first-order valence-corrected chi connectivity index (χ1v) is 8.91. The van der Waals surface area contributed by atoms with Gasteiger partial charge in [0.15, 0.2) is 5.75 Å². The third-order valence-electron chi connectivity index (χ3n) is 3.83. The van der Waals surface area contributed by atoms with E-state index in [-0.39, 0.29) is 6.10 Å². The van der Waals surface area contributed by atoms with Crippen molar-refractivity contribution in [3.8, 4) is 17.7 Å². The average molecular weight is 392 g/mol. The summed E-state index contributed by atoms with van der Waals surface area (Å²) >= 11 is 12.3. The lowest BCUT2D eigenvalue weighted by Crippen LogP contribution is -2.14. The number of pyridine rings is 2. The standard InChI is InChI=1S/C19H19Cl2N3O2/c1-4-14(5-2)26-18-7-13(9-24-19(18)25-3)12(8-22)6-15-16(20)10-23-11-17(15)21/h6-7,9-11,14H,4-5H2,1-3H3. The van der Waals surface area contributed by atoms with E-state index >= 15 is 0 Å². The van der Waals surface area contributed by atoms with Crippen molar-refractivity contribution in [3.63, 3.8) is 0 Å². The minimum atomic E-state index is 0.0413. The van der Waals surface area contributed by atoms with Crippen LogP contribution in [0.1, 0.15) is 37.8 Å². The number of hydrogen-bond donors (Lipinski definition) is 0. The molecule has 0 N–H and O–H groups in total. The molecule has 0 spiro atoms. The van der Waals surface area contributed by atoms with Crippen molar-refractivity contribution in [1.29, 1.82) is 5.26 Å². The summed E-state index contributed by atoms with van der Waals surface area (Å²) in [5.74, 6) is 0.865. The predicted molar refractivity (Wildman–Crippen MR) is 104 cm³/mol. The van der Waals surface area contributed by atoms with Gasteiger partial charge in [0, 0.05) is 29.7 Å². The minimum absolute atomic E-state index is 0.0413. The molecule has 7 heteroatoms. The highest BCUT2D eigenvalue weighted by Gasteiger charge is 2.15. The van der Waals surface area contributed by atoms with E-state index in [9.17, 15) is 5.26 Å². The molecule has 0 aliphatic carbocycles. The molecule has 5 nitrogen and oxygen atoms in total. The van der Waals surface area contributed by atoms with Crippen molar-refractivity contribution in [2.24, 2.45) is 0 Å². The average Bonchev–Trinajstić information content (AvgIpc) is 2.66. The summed E-state index contributed by atoms with van der Waals surface area (Å²) in [6, 6.07) is 3.89. The number of nitriles is 1. The van der Waals surface area contributed by atoms with Gasteiger partial charge in [-0.15, -0.1) is 0 Å². The Hall–Kier alpha value is -2.29. The lowest BCUT2D eigenvalue weighted by Gasteiger charge is -2.17. The Morgan fingerprint density at radius 2 is 1.88 bits per heavy atom. The number of aromatic nitrogens is 2. The van der Waals surface area contributed by atoms with E-state index < -0.39 is 0 Å². The fourth-order valence-electron chi connectivity index (χ4n) is 2.34. The van der Waals surface area contributed by atoms with Gasteiger partial charge in [-0.1, -0.05) is 37.0 Å². The molecule has 0 unspecified atom stereocenters. The number of allylic oxidation sites excluding steroid dienone is 1. The van der Waals surface area contributed by atoms with Gasteiger partial charge >= 0.3 is 0 Å². The lowest BCUT2D eigenvalue weighted by atomic mass is 10.1. The van der Waals surface area contributed by atoms with Crippen LogP contribution in [-0.4, -0.2) is 23.2 Å². The highest BCUT2D eigenvalue weighted by molar-refractivity contribution is 6.37. The zero-order valence-corrected chi connectivity index (χ0v) is 16.3. The van der Waals surface area contributed by atoms with Crippen molar-refractivity contribution >= 4 is 34.9 Å². The van der Waals surface area contributed by atoms with Crippen molar-refractivity contribution in [2.75, 3.05) is 7.11 Å². The maximum Gasteiger partial charge on any atom is 0.256 e. The first-order valence-electron chi connectivity index (χ1n) is 8.15. The Kier molecular flexibility index (Phi) is 7.26. The normalized spacial score (nSPS) is 11.3. The van der Waals surface area contributed by atoms with Gasteiger partial charge in [0.05, 0.1) is 34.9 Å². The van der Waals surface area contributed by atoms with E-state index in [1.54, 1.807) is 18.3 Å². The van der Waals surface area contributed by atoms with Gasteiger partial charge in [-0.05, 0) is 25.0 Å². The molecule has 0 aliphatic heterocycles. The van der Waals surface area contributed by atoms with Gasteiger partial charge in [-0.2, -0.15) is 5.26 Å². The van der Waals surface area contributed by atoms with Crippen LogP contribution in [0, 0.1) is 11.3 Å². The van der Waals surface area contributed by atoms with E-state index in [2.05, 4.69) is 16.0 Å². The highest BCUT2D eigenvalue weighted by atomic mass is 35.5. The van der Waals surface area contributed by atoms with Gasteiger partial charge in [0.1, 0.15) is 0 Å². The van der Waals surface area contributed by atoms with Crippen LogP contribution in [0.2, 0.25) is 10.0 Å². The summed E-state index contributed by atoms with van der Waals surface area (Å²) in [4.78, 5) is 8.17. The van der Waals surface area contributed by atoms with Gasteiger partial charge in [-0.3, -0.25) is 4.98 Å². The van der Waals surface area contributed by atoms with Crippen LogP contribution in [0.5, 0.6) is 11.6 Å². The maximum absolute atomic E-state index is 9.59. The molecule has 2 aromatic heterocycles. The monoisotopic (exact) mass is 391 g/mol. The van der Waals surface area contributed by atoms with Gasteiger partial charge in [0.2, 0.25) is 0 Å². The largest absolute Gasteiger partial charge is 0.485 e. The van der Waals surface area contributed by atoms with Crippen molar-refractivity contribution in [3.05, 3.63) is 45.8 Å². The number of rotatable bonds is 7. The Labute approximate surface area is 163 Å². The molecule has 0 aliphatic rings. The third-order valence-corrected chi connectivity index (χ3v) is 4.43. The molecule has 2 rings (SSSR count). The molecule has 2 heterocycles. The Morgan fingerprint density at radius 1 is 1.23 bits per heavy atom. The number of hydrogen-bond acceptors (Lipinski definition) is 5. The van der Waals surface area contributed by atoms with Gasteiger partial charge < -0.3 is 9.47 Å². The topological polar surface area (TPSA) is 68.0 Å². The summed E-state index contributed by atoms with van der Waals surface area (Å²) in [5.41, 5.74) is 1.46. The lowest BCUT2D eigenvalue weighted by molar-refractivity contribution is 0.183. The zero-order valence-electron chi connectivity index (χ0n) is 14.8. The molecule has 0 fully saturated rings. The molecule has 0 atom stereocenters. The molecule has 0 bridgehead atoms. The van der Waals surface area contributed by atoms with Crippen LogP contribution in [0.15, 0.2) is 24.7 Å². The quantitative estimate of drug-likeness (QED) is 0.589. The van der Waals surface area contributed by atoms with Crippen molar-refractivity contribution < 1.29 is 9.47 Å². The van der Waals surface area contributed by atoms with E-state index in [1.165, 1.54) is 19.5 Å². The number of nitrogens with zero attached hydrogens (tertiary/aromatic N) is 3. The van der Waals surface area contributed by atoms with Gasteiger partial charge in [0.25, 0.3) is 5.88 Å². The summed E-state index contributed by atoms with van der Waals surface area (Å²) in [7, 11) is 1.53. The Morgan fingerprint density at radius 3 is 2.42 bits per heavy atom. The second-order valence-electron chi connectivity index (χ2n) is 5.47. The SMILES string of the molecule is CCC(CC)Oc1cc(C(C#N)=Cc2c(Cl)cncc2Cl)cnc1OC. The van der Waals surface area contributed by atoms with Crippen LogP contribution in [0.25, 0.3) is 11.6 Å². The van der Waals surface area contributed by atoms with Crippen LogP contribution < -0.4 is 9.47 Å². The van der Waals surface area contributed by atoms with Crippen LogP contribution in [0.3, 0.4) is 0 Å². The number of ether oxygens (including phenoxy) is 2. The third kappa shape index (κ3) is 4.66. The second-order valence-corrected chi connectivity index (χ2v) is 6.29. The summed E-state index contributed by atoms with van der Waals surface area (Å²) < 4.78 is 11.3. The maximum atomic E-state index is 9.59. The summed E-state index contributed by atoms with van der Waals surface area (Å²) in [6.07, 6.45) is 7.86. The molecule has 0 amide bonds. The fraction of sp³-hybridized carbons (Fsp3) is 0.316. The molecular formula is C19H19Cl2N3O2. The molecule has 2 aromatic rings.